The molecule has 0 aliphatic carbocycles. The van der Waals surface area contributed by atoms with Crippen LogP contribution in [-0.4, -0.2) is 57.2 Å². The van der Waals surface area contributed by atoms with E-state index in [0.29, 0.717) is 23.5 Å². The molecule has 28 heavy (non-hydrogen) atoms. The number of hydrogen-bond acceptors (Lipinski definition) is 5. The van der Waals surface area contributed by atoms with Crippen molar-refractivity contribution in [2.24, 2.45) is 5.92 Å². The van der Waals surface area contributed by atoms with Gasteiger partial charge in [0.05, 0.1) is 6.54 Å². The van der Waals surface area contributed by atoms with E-state index in [2.05, 4.69) is 5.32 Å². The molecule has 0 fully saturated rings. The topological polar surface area (TPSA) is 86.6 Å². The Morgan fingerprint density at radius 2 is 2.04 bits per heavy atom. The molecule has 0 saturated heterocycles. The monoisotopic (exact) mass is 400 g/mol. The van der Waals surface area contributed by atoms with Crippen molar-refractivity contribution >= 4 is 46.8 Å². The van der Waals surface area contributed by atoms with E-state index in [0.717, 1.165) is 0 Å². The molecule has 1 unspecified atom stereocenters. The molecule has 146 valence electrons. The first-order valence-corrected chi connectivity index (χ1v) is 9.94. The second kappa shape index (κ2) is 8.10. The summed E-state index contributed by atoms with van der Waals surface area (Å²) in [5.41, 5.74) is 1.51. The lowest BCUT2D eigenvalue weighted by Gasteiger charge is -2.25. The maximum absolute atomic E-state index is 12.9. The standard InChI is InChI=1S/C20H21N3O4S/c1-12(2)10-23-19(26)18-16(7-8-28-18)22(20(23)27)11-17(25)21-15-6-4-5-14(9-15)13(3)24/h4-9,12,18H,10-11H2,1-3H3/p+1. The van der Waals surface area contributed by atoms with Crippen LogP contribution in [-0.2, 0) is 9.59 Å². The second-order valence-electron chi connectivity index (χ2n) is 7.14. The van der Waals surface area contributed by atoms with Crippen LogP contribution in [0.5, 0.6) is 0 Å². The molecule has 8 heteroatoms. The van der Waals surface area contributed by atoms with Gasteiger partial charge in [0.1, 0.15) is 5.71 Å². The number of urea groups is 1. The lowest BCUT2D eigenvalue weighted by atomic mass is 10.1. The Bertz CT molecular complexity index is 920. The van der Waals surface area contributed by atoms with Crippen LogP contribution < -0.4 is 5.32 Å². The third kappa shape index (κ3) is 4.06. The van der Waals surface area contributed by atoms with Gasteiger partial charge in [-0.25, -0.2) is 4.79 Å². The van der Waals surface area contributed by atoms with E-state index in [9.17, 15) is 19.2 Å². The van der Waals surface area contributed by atoms with Gasteiger partial charge in [0.2, 0.25) is 0 Å². The summed E-state index contributed by atoms with van der Waals surface area (Å²) in [6.45, 7) is 5.41. The number of fused-ring (bicyclic) bond motifs is 1. The molecule has 3 rings (SSSR count). The number of thioether (sulfide) groups is 1. The van der Waals surface area contributed by atoms with Crippen LogP contribution >= 0.6 is 11.8 Å². The molecule has 0 radical (unpaired) electrons. The fourth-order valence-corrected chi connectivity index (χ4v) is 4.07. The Kier molecular flexibility index (Phi) is 5.79. The van der Waals surface area contributed by atoms with Gasteiger partial charge in [-0.15, -0.1) is 11.8 Å². The third-order valence-electron chi connectivity index (χ3n) is 4.39. The van der Waals surface area contributed by atoms with Crippen molar-refractivity contribution in [3.05, 3.63) is 41.3 Å². The predicted octanol–water partition coefficient (Wildman–Crippen LogP) is 2.53. The van der Waals surface area contributed by atoms with Crippen molar-refractivity contribution < 1.29 is 23.8 Å². The Morgan fingerprint density at radius 1 is 1.29 bits per heavy atom. The fraction of sp³-hybridized carbons (Fsp3) is 0.350. The van der Waals surface area contributed by atoms with Gasteiger partial charge in [0.25, 0.3) is 5.91 Å². The molecule has 1 aromatic carbocycles. The highest BCUT2D eigenvalue weighted by Crippen LogP contribution is 2.28. The van der Waals surface area contributed by atoms with Gasteiger partial charge in [-0.2, -0.15) is 14.3 Å². The van der Waals surface area contributed by atoms with Crippen molar-refractivity contribution in [1.29, 1.82) is 0 Å². The molecular weight excluding hydrogens is 378 g/mol. The number of Topliss-reactive ketones (excluding diaryl/α,β-unsaturated/α-hetero) is 1. The maximum Gasteiger partial charge on any atom is 0.501 e. The minimum Gasteiger partial charge on any atom is -0.323 e. The molecule has 0 spiro atoms. The average Bonchev–Trinajstić information content (AvgIpc) is 3.12. The van der Waals surface area contributed by atoms with Gasteiger partial charge in [0, 0.05) is 11.3 Å². The quantitative estimate of drug-likeness (QED) is 0.586. The number of ketones is 1. The van der Waals surface area contributed by atoms with Crippen LogP contribution in [0.25, 0.3) is 0 Å². The molecule has 2 aliphatic rings. The zero-order chi connectivity index (χ0) is 20.4. The number of nitrogens with zero attached hydrogens (tertiary/aromatic N) is 2. The zero-order valence-corrected chi connectivity index (χ0v) is 16.8. The van der Waals surface area contributed by atoms with Crippen molar-refractivity contribution in [2.75, 3.05) is 18.4 Å². The minimum atomic E-state index is -0.495. The summed E-state index contributed by atoms with van der Waals surface area (Å²) in [4.78, 5) is 50.8. The zero-order valence-electron chi connectivity index (χ0n) is 16.0. The Hall–Kier alpha value is -2.74. The number of hydrogen-bond donors (Lipinski definition) is 1. The number of imide groups is 1. The number of amides is 4. The smallest absolute Gasteiger partial charge is 0.323 e. The lowest BCUT2D eigenvalue weighted by Crippen LogP contribution is -2.57. The highest BCUT2D eigenvalue weighted by molar-refractivity contribution is 8.04. The number of anilines is 1. The summed E-state index contributed by atoms with van der Waals surface area (Å²) in [6.07, 6.45) is 1.71. The largest absolute Gasteiger partial charge is 0.501 e. The van der Waals surface area contributed by atoms with Crippen molar-refractivity contribution in [3.63, 3.8) is 0 Å². The van der Waals surface area contributed by atoms with E-state index in [4.69, 9.17) is 0 Å². The van der Waals surface area contributed by atoms with Gasteiger partial charge in [-0.05, 0) is 36.5 Å². The van der Waals surface area contributed by atoms with Crippen LogP contribution in [0, 0.1) is 5.92 Å². The minimum absolute atomic E-state index is 0.100. The third-order valence-corrected chi connectivity index (χ3v) is 5.40. The predicted molar refractivity (Wildman–Crippen MR) is 108 cm³/mol. The van der Waals surface area contributed by atoms with Crippen molar-refractivity contribution in [3.8, 4) is 0 Å². The first-order chi connectivity index (χ1) is 13.3. The number of rotatable bonds is 6. The van der Waals surface area contributed by atoms with Crippen LogP contribution in [0.1, 0.15) is 31.1 Å². The molecule has 4 amide bonds. The van der Waals surface area contributed by atoms with Crippen LogP contribution in [0.4, 0.5) is 10.5 Å². The van der Waals surface area contributed by atoms with E-state index < -0.39 is 17.2 Å². The number of allylic oxidation sites excluding steroid dienone is 1. The Morgan fingerprint density at radius 3 is 2.71 bits per heavy atom. The lowest BCUT2D eigenvalue weighted by molar-refractivity contribution is -0.426. The van der Waals surface area contributed by atoms with E-state index in [-0.39, 0.29) is 24.2 Å². The van der Waals surface area contributed by atoms with E-state index in [1.807, 2.05) is 13.8 Å². The normalized spacial score (nSPS) is 18.7. The van der Waals surface area contributed by atoms with Gasteiger partial charge in [0.15, 0.2) is 17.6 Å². The first kappa shape index (κ1) is 20.0. The molecular formula is C20H22N3O4S+. The highest BCUT2D eigenvalue weighted by atomic mass is 32.2. The van der Waals surface area contributed by atoms with Gasteiger partial charge in [-0.1, -0.05) is 26.0 Å². The Labute approximate surface area is 167 Å². The summed E-state index contributed by atoms with van der Waals surface area (Å²) in [6, 6.07) is 6.14. The molecule has 0 saturated carbocycles. The second-order valence-corrected chi connectivity index (χ2v) is 8.16. The molecule has 2 aliphatic heterocycles. The molecule has 0 aromatic heterocycles. The number of carbonyl (C=O) groups is 4. The van der Waals surface area contributed by atoms with E-state index >= 15 is 0 Å². The van der Waals surface area contributed by atoms with E-state index in [1.54, 1.807) is 35.7 Å². The van der Waals surface area contributed by atoms with Crippen LogP contribution in [0.2, 0.25) is 0 Å². The molecule has 1 aromatic rings. The summed E-state index contributed by atoms with van der Waals surface area (Å²) in [7, 11) is 0. The van der Waals surface area contributed by atoms with Crippen molar-refractivity contribution in [2.45, 2.75) is 26.0 Å². The van der Waals surface area contributed by atoms with Crippen LogP contribution in [0.3, 0.4) is 0 Å². The molecule has 0 bridgehead atoms. The first-order valence-electron chi connectivity index (χ1n) is 9.00. The highest BCUT2D eigenvalue weighted by Gasteiger charge is 2.49. The van der Waals surface area contributed by atoms with Crippen LogP contribution in [0.15, 0.2) is 35.7 Å². The molecule has 2 heterocycles. The summed E-state index contributed by atoms with van der Waals surface area (Å²) in [5.74, 6) is -0.616. The molecule has 1 atom stereocenters. The summed E-state index contributed by atoms with van der Waals surface area (Å²) >= 11 is 1.34. The SMILES string of the molecule is CC(=O)c1cccc(NC(=O)C[N+]2=C3C=CSC3C(=O)N(CC(C)C)C2=O)c1. The maximum atomic E-state index is 12.9. The number of nitrogens with one attached hydrogen (secondary N) is 1. The fourth-order valence-electron chi connectivity index (χ4n) is 3.11. The van der Waals surface area contributed by atoms with Gasteiger partial charge >= 0.3 is 11.9 Å². The number of carbonyl (C=O) groups excluding carboxylic acids is 4. The summed E-state index contributed by atoms with van der Waals surface area (Å²) < 4.78 is 1.36. The van der Waals surface area contributed by atoms with Gasteiger partial charge in [-0.3, -0.25) is 9.59 Å². The number of benzene rings is 1. The van der Waals surface area contributed by atoms with Crippen molar-refractivity contribution in [1.82, 2.24) is 4.90 Å². The molecule has 7 nitrogen and oxygen atoms in total. The Balaban J connectivity index is 1.82. The van der Waals surface area contributed by atoms with Gasteiger partial charge < -0.3 is 5.32 Å². The summed E-state index contributed by atoms with van der Waals surface area (Å²) in [5, 5.41) is 3.99. The average molecular weight is 400 g/mol. The molecule has 1 N–H and O–H groups in total. The van der Waals surface area contributed by atoms with E-state index in [1.165, 1.54) is 28.2 Å².